The van der Waals surface area contributed by atoms with E-state index < -0.39 is 0 Å². The van der Waals surface area contributed by atoms with E-state index in [1.165, 1.54) is 17.0 Å². The van der Waals surface area contributed by atoms with Crippen molar-refractivity contribution in [1.82, 2.24) is 14.7 Å². The van der Waals surface area contributed by atoms with Gasteiger partial charge in [0.25, 0.3) is 0 Å². The normalized spacial score (nSPS) is 16.5. The average molecular weight is 180 g/mol. The molecule has 0 aromatic carbocycles. The lowest BCUT2D eigenvalue weighted by molar-refractivity contribution is 0.342. The van der Waals surface area contributed by atoms with Crippen molar-refractivity contribution in [3.05, 3.63) is 17.0 Å². The van der Waals surface area contributed by atoms with E-state index in [-0.39, 0.29) is 0 Å². The van der Waals surface area contributed by atoms with Crippen LogP contribution in [0.5, 0.6) is 0 Å². The van der Waals surface area contributed by atoms with E-state index in [0.29, 0.717) is 6.54 Å². The summed E-state index contributed by atoms with van der Waals surface area (Å²) in [6.45, 7) is 2.73. The van der Waals surface area contributed by atoms with E-state index in [1.807, 2.05) is 11.7 Å². The fraction of sp³-hybridized carbons (Fsp3) is 0.667. The molecule has 1 aliphatic rings. The highest BCUT2D eigenvalue weighted by molar-refractivity contribution is 5.29. The molecule has 0 fully saturated rings. The van der Waals surface area contributed by atoms with Crippen LogP contribution in [0.4, 0.5) is 0 Å². The first-order valence-corrected chi connectivity index (χ1v) is 4.64. The van der Waals surface area contributed by atoms with Crippen molar-refractivity contribution < 1.29 is 0 Å². The van der Waals surface area contributed by atoms with Crippen LogP contribution in [0.3, 0.4) is 0 Å². The van der Waals surface area contributed by atoms with E-state index in [4.69, 9.17) is 5.73 Å². The quantitative estimate of drug-likeness (QED) is 0.689. The van der Waals surface area contributed by atoms with Gasteiger partial charge in [0.1, 0.15) is 0 Å². The SMILES string of the molecule is CN1Cc2c(CCN)nn(C)c2C1. The van der Waals surface area contributed by atoms with E-state index in [2.05, 4.69) is 17.0 Å². The van der Waals surface area contributed by atoms with E-state index >= 15 is 0 Å². The van der Waals surface area contributed by atoms with Gasteiger partial charge in [-0.2, -0.15) is 5.10 Å². The van der Waals surface area contributed by atoms with Crippen LogP contribution in [0, 0.1) is 0 Å². The highest BCUT2D eigenvalue weighted by atomic mass is 15.3. The van der Waals surface area contributed by atoms with Crippen molar-refractivity contribution >= 4 is 0 Å². The van der Waals surface area contributed by atoms with Crippen LogP contribution >= 0.6 is 0 Å². The Kier molecular flexibility index (Phi) is 2.09. The molecule has 1 aliphatic heterocycles. The number of aromatic nitrogens is 2. The molecule has 0 unspecified atom stereocenters. The number of nitrogens with zero attached hydrogens (tertiary/aromatic N) is 3. The summed E-state index contributed by atoms with van der Waals surface area (Å²) in [6, 6.07) is 0. The Morgan fingerprint density at radius 3 is 2.85 bits per heavy atom. The third-order valence-electron chi connectivity index (χ3n) is 2.59. The van der Waals surface area contributed by atoms with Crippen LogP contribution in [0.2, 0.25) is 0 Å². The van der Waals surface area contributed by atoms with Gasteiger partial charge >= 0.3 is 0 Å². The Hall–Kier alpha value is -0.870. The van der Waals surface area contributed by atoms with Crippen molar-refractivity contribution in [3.63, 3.8) is 0 Å². The average Bonchev–Trinajstić information content (AvgIpc) is 2.55. The lowest BCUT2D eigenvalue weighted by Crippen LogP contribution is -2.12. The molecule has 72 valence electrons. The van der Waals surface area contributed by atoms with Gasteiger partial charge in [0, 0.05) is 32.1 Å². The molecule has 0 spiro atoms. The summed E-state index contributed by atoms with van der Waals surface area (Å²) in [5, 5.41) is 4.47. The molecule has 0 amide bonds. The van der Waals surface area contributed by atoms with E-state index in [9.17, 15) is 0 Å². The Bertz CT molecular complexity index is 316. The first-order valence-electron chi connectivity index (χ1n) is 4.64. The zero-order valence-corrected chi connectivity index (χ0v) is 8.25. The Morgan fingerprint density at radius 2 is 2.15 bits per heavy atom. The molecular formula is C9H16N4. The second kappa shape index (κ2) is 3.12. The molecule has 4 nitrogen and oxygen atoms in total. The maximum absolute atomic E-state index is 5.54. The molecule has 2 N–H and O–H groups in total. The Balaban J connectivity index is 2.34. The first-order chi connectivity index (χ1) is 6.22. The molecule has 1 aromatic rings. The maximum Gasteiger partial charge on any atom is 0.0685 e. The van der Waals surface area contributed by atoms with E-state index in [1.54, 1.807) is 0 Å². The minimum Gasteiger partial charge on any atom is -0.330 e. The summed E-state index contributed by atoms with van der Waals surface area (Å²) in [4.78, 5) is 2.30. The van der Waals surface area contributed by atoms with Gasteiger partial charge in [0.2, 0.25) is 0 Å². The zero-order valence-electron chi connectivity index (χ0n) is 8.25. The summed E-state index contributed by atoms with van der Waals surface area (Å²) in [7, 11) is 4.14. The summed E-state index contributed by atoms with van der Waals surface area (Å²) in [6.07, 6.45) is 0.900. The van der Waals surface area contributed by atoms with Crippen molar-refractivity contribution in [2.45, 2.75) is 19.5 Å². The summed E-state index contributed by atoms with van der Waals surface area (Å²) in [5.74, 6) is 0. The third-order valence-corrected chi connectivity index (χ3v) is 2.59. The number of fused-ring (bicyclic) bond motifs is 1. The van der Waals surface area contributed by atoms with Crippen LogP contribution in [-0.4, -0.2) is 28.3 Å². The van der Waals surface area contributed by atoms with Gasteiger partial charge in [0.05, 0.1) is 11.4 Å². The fourth-order valence-corrected chi connectivity index (χ4v) is 1.96. The molecule has 0 atom stereocenters. The molecule has 0 radical (unpaired) electrons. The van der Waals surface area contributed by atoms with Crippen LogP contribution in [-0.2, 0) is 26.6 Å². The van der Waals surface area contributed by atoms with Gasteiger partial charge in [-0.05, 0) is 13.6 Å². The standard InChI is InChI=1S/C9H16N4/c1-12-5-7-8(3-4-10)11-13(2)9(7)6-12/h3-6,10H2,1-2H3. The second-order valence-corrected chi connectivity index (χ2v) is 3.71. The number of hydrogen-bond donors (Lipinski definition) is 1. The maximum atomic E-state index is 5.54. The summed E-state index contributed by atoms with van der Waals surface area (Å²) < 4.78 is 1.99. The number of aryl methyl sites for hydroxylation is 1. The molecule has 13 heavy (non-hydrogen) atoms. The predicted octanol–water partition coefficient (Wildman–Crippen LogP) is -0.133. The molecule has 0 bridgehead atoms. The molecule has 4 heteroatoms. The Labute approximate surface area is 78.3 Å². The highest BCUT2D eigenvalue weighted by Gasteiger charge is 2.23. The molecule has 0 saturated heterocycles. The third kappa shape index (κ3) is 1.36. The molecular weight excluding hydrogens is 164 g/mol. The lowest BCUT2D eigenvalue weighted by Gasteiger charge is -2.06. The van der Waals surface area contributed by atoms with Gasteiger partial charge in [-0.15, -0.1) is 0 Å². The van der Waals surface area contributed by atoms with Crippen molar-refractivity contribution in [2.24, 2.45) is 12.8 Å². The molecule has 2 heterocycles. The van der Waals surface area contributed by atoms with Crippen LogP contribution in [0.25, 0.3) is 0 Å². The van der Waals surface area contributed by atoms with Crippen molar-refractivity contribution in [3.8, 4) is 0 Å². The van der Waals surface area contributed by atoms with Crippen molar-refractivity contribution in [2.75, 3.05) is 13.6 Å². The van der Waals surface area contributed by atoms with Crippen LogP contribution in [0.15, 0.2) is 0 Å². The monoisotopic (exact) mass is 180 g/mol. The number of rotatable bonds is 2. The van der Waals surface area contributed by atoms with Gasteiger partial charge in [0.15, 0.2) is 0 Å². The smallest absolute Gasteiger partial charge is 0.0685 e. The fourth-order valence-electron chi connectivity index (χ4n) is 1.96. The summed E-state index contributed by atoms with van der Waals surface area (Å²) >= 11 is 0. The van der Waals surface area contributed by atoms with Crippen LogP contribution < -0.4 is 5.73 Å². The number of nitrogens with two attached hydrogens (primary N) is 1. The number of hydrogen-bond acceptors (Lipinski definition) is 3. The molecule has 1 aromatic heterocycles. The molecule has 0 saturated carbocycles. The summed E-state index contributed by atoms with van der Waals surface area (Å²) in [5.41, 5.74) is 9.47. The van der Waals surface area contributed by atoms with Gasteiger partial charge < -0.3 is 5.73 Å². The minimum absolute atomic E-state index is 0.688. The Morgan fingerprint density at radius 1 is 1.38 bits per heavy atom. The molecule has 0 aliphatic carbocycles. The van der Waals surface area contributed by atoms with Gasteiger partial charge in [-0.1, -0.05) is 0 Å². The second-order valence-electron chi connectivity index (χ2n) is 3.71. The highest BCUT2D eigenvalue weighted by Crippen LogP contribution is 2.23. The van der Waals surface area contributed by atoms with Gasteiger partial charge in [-0.3, -0.25) is 9.58 Å². The largest absolute Gasteiger partial charge is 0.330 e. The lowest BCUT2D eigenvalue weighted by atomic mass is 10.2. The van der Waals surface area contributed by atoms with Crippen LogP contribution in [0.1, 0.15) is 17.0 Å². The topological polar surface area (TPSA) is 47.1 Å². The zero-order chi connectivity index (χ0) is 9.42. The van der Waals surface area contributed by atoms with Crippen molar-refractivity contribution in [1.29, 1.82) is 0 Å². The van der Waals surface area contributed by atoms with Gasteiger partial charge in [-0.25, -0.2) is 0 Å². The first kappa shape index (κ1) is 8.72. The van der Waals surface area contributed by atoms with E-state index in [0.717, 1.165) is 19.5 Å². The molecule has 2 rings (SSSR count). The minimum atomic E-state index is 0.688. The predicted molar refractivity (Wildman–Crippen MR) is 51.1 cm³/mol.